The summed E-state index contributed by atoms with van der Waals surface area (Å²) >= 11 is 0. The number of carboxylic acid groups (broad SMARTS) is 1. The van der Waals surface area contributed by atoms with Crippen LogP contribution in [-0.2, 0) is 6.54 Å². The summed E-state index contributed by atoms with van der Waals surface area (Å²) in [4.78, 5) is 10.4. The highest BCUT2D eigenvalue weighted by Crippen LogP contribution is 2.14. The van der Waals surface area contributed by atoms with Gasteiger partial charge in [-0.1, -0.05) is 0 Å². The zero-order chi connectivity index (χ0) is 7.84. The van der Waals surface area contributed by atoms with Gasteiger partial charge in [0.2, 0.25) is 0 Å². The van der Waals surface area contributed by atoms with Gasteiger partial charge in [0.05, 0.1) is 6.54 Å². The molecule has 0 unspecified atom stereocenters. The Kier molecular flexibility index (Phi) is 2.23. The maximum absolute atomic E-state index is 10.4. The van der Waals surface area contributed by atoms with E-state index in [1.165, 1.54) is 6.07 Å². The minimum Gasteiger partial charge on any atom is -0.476 e. The highest BCUT2D eigenvalue weighted by molar-refractivity contribution is 5.86. The Morgan fingerprint density at radius 1 is 1.75 bits per heavy atom. The molecule has 0 fully saturated rings. The van der Waals surface area contributed by atoms with Crippen molar-refractivity contribution < 1.29 is 9.90 Å². The molecule has 0 aromatic carbocycles. The summed E-state index contributed by atoms with van der Waals surface area (Å²) in [6, 6.07) is 1.54. The molecule has 1 aliphatic heterocycles. The third-order valence-electron chi connectivity index (χ3n) is 1.63. The Bertz CT molecular complexity index is 288. The molecule has 0 spiro atoms. The number of hydrogen-bond donors (Lipinski definition) is 2. The van der Waals surface area contributed by atoms with Crippen molar-refractivity contribution in [2.75, 3.05) is 11.9 Å². The number of carboxylic acids is 1. The minimum absolute atomic E-state index is 0. The largest absolute Gasteiger partial charge is 0.476 e. The van der Waals surface area contributed by atoms with Crippen molar-refractivity contribution in [1.29, 1.82) is 0 Å². The number of anilines is 1. The molecule has 1 aliphatic rings. The number of aromatic nitrogens is 2. The number of nitrogens with one attached hydrogen (secondary N) is 1. The normalized spacial score (nSPS) is 13.0. The lowest BCUT2D eigenvalue weighted by molar-refractivity contribution is 0.0689. The molecule has 0 amide bonds. The number of hydrogen-bond acceptors (Lipinski definition) is 3. The van der Waals surface area contributed by atoms with E-state index in [1.807, 2.05) is 0 Å². The maximum Gasteiger partial charge on any atom is 0.356 e. The van der Waals surface area contributed by atoms with Gasteiger partial charge in [-0.2, -0.15) is 5.10 Å². The molecule has 12 heavy (non-hydrogen) atoms. The summed E-state index contributed by atoms with van der Waals surface area (Å²) < 4.78 is 1.66. The second-order valence-corrected chi connectivity index (χ2v) is 2.37. The minimum atomic E-state index is -0.978. The van der Waals surface area contributed by atoms with Crippen molar-refractivity contribution in [3.63, 3.8) is 0 Å². The van der Waals surface area contributed by atoms with Crippen molar-refractivity contribution >= 4 is 24.2 Å². The number of nitrogens with zero attached hydrogens (tertiary/aromatic N) is 2. The lowest BCUT2D eigenvalue weighted by Gasteiger charge is -1.87. The number of fused-ring (bicyclic) bond motifs is 1. The Labute approximate surface area is 74.8 Å². The van der Waals surface area contributed by atoms with Gasteiger partial charge in [0, 0.05) is 12.6 Å². The van der Waals surface area contributed by atoms with Crippen molar-refractivity contribution in [3.05, 3.63) is 11.8 Å². The van der Waals surface area contributed by atoms with Gasteiger partial charge in [-0.3, -0.25) is 0 Å². The van der Waals surface area contributed by atoms with Crippen LogP contribution in [-0.4, -0.2) is 27.4 Å². The van der Waals surface area contributed by atoms with Crippen molar-refractivity contribution in [3.8, 4) is 0 Å². The average molecular weight is 190 g/mol. The second-order valence-electron chi connectivity index (χ2n) is 2.37. The molecule has 2 rings (SSSR count). The van der Waals surface area contributed by atoms with Crippen molar-refractivity contribution in [2.24, 2.45) is 0 Å². The molecular formula is C6H8ClN3O2. The van der Waals surface area contributed by atoms with E-state index in [-0.39, 0.29) is 18.1 Å². The van der Waals surface area contributed by atoms with Gasteiger partial charge in [-0.25, -0.2) is 9.48 Å². The fourth-order valence-electron chi connectivity index (χ4n) is 1.12. The van der Waals surface area contributed by atoms with E-state index in [1.54, 1.807) is 4.68 Å². The van der Waals surface area contributed by atoms with Crippen molar-refractivity contribution in [1.82, 2.24) is 9.78 Å². The van der Waals surface area contributed by atoms with Gasteiger partial charge in [-0.15, -0.1) is 12.4 Å². The number of rotatable bonds is 1. The van der Waals surface area contributed by atoms with Crippen LogP contribution in [0.15, 0.2) is 6.07 Å². The lowest BCUT2D eigenvalue weighted by atomic mass is 10.4. The molecule has 0 bridgehead atoms. The predicted molar refractivity (Wildman–Crippen MR) is 44.9 cm³/mol. The highest BCUT2D eigenvalue weighted by Gasteiger charge is 2.15. The maximum atomic E-state index is 10.4. The van der Waals surface area contributed by atoms with Gasteiger partial charge in [0.25, 0.3) is 0 Å². The third-order valence-corrected chi connectivity index (χ3v) is 1.63. The predicted octanol–water partition coefficient (Wildman–Crippen LogP) is 0.429. The molecule has 0 saturated heterocycles. The smallest absolute Gasteiger partial charge is 0.356 e. The zero-order valence-electron chi connectivity index (χ0n) is 6.15. The Balaban J connectivity index is 0.000000720. The van der Waals surface area contributed by atoms with Crippen LogP contribution >= 0.6 is 12.4 Å². The quantitative estimate of drug-likeness (QED) is 0.672. The first-order valence-corrected chi connectivity index (χ1v) is 3.32. The van der Waals surface area contributed by atoms with Crippen LogP contribution in [0, 0.1) is 0 Å². The Morgan fingerprint density at radius 3 is 3.08 bits per heavy atom. The highest BCUT2D eigenvalue weighted by atomic mass is 35.5. The molecule has 1 aromatic heterocycles. The summed E-state index contributed by atoms with van der Waals surface area (Å²) in [5.74, 6) is -0.184. The van der Waals surface area contributed by atoms with Crippen LogP contribution in [0.5, 0.6) is 0 Å². The van der Waals surface area contributed by atoms with Gasteiger partial charge >= 0.3 is 5.97 Å². The molecule has 2 heterocycles. The molecular weight excluding hydrogens is 182 g/mol. The van der Waals surface area contributed by atoms with E-state index in [0.29, 0.717) is 0 Å². The molecule has 0 atom stereocenters. The molecule has 6 heteroatoms. The fraction of sp³-hybridized carbons (Fsp3) is 0.333. The molecule has 0 radical (unpaired) electrons. The number of aromatic carboxylic acids is 1. The number of halogens is 1. The Hall–Kier alpha value is -1.23. The summed E-state index contributed by atoms with van der Waals surface area (Å²) in [6.07, 6.45) is 0. The second kappa shape index (κ2) is 3.02. The third kappa shape index (κ3) is 1.23. The van der Waals surface area contributed by atoms with Gasteiger partial charge in [0.15, 0.2) is 5.69 Å². The molecule has 0 aliphatic carbocycles. The average Bonchev–Trinajstić information content (AvgIpc) is 2.40. The fourth-order valence-corrected chi connectivity index (χ4v) is 1.12. The van der Waals surface area contributed by atoms with Gasteiger partial charge in [0.1, 0.15) is 5.82 Å². The van der Waals surface area contributed by atoms with Crippen LogP contribution in [0.3, 0.4) is 0 Å². The van der Waals surface area contributed by atoms with E-state index < -0.39 is 5.97 Å². The van der Waals surface area contributed by atoms with E-state index in [2.05, 4.69) is 10.4 Å². The SMILES string of the molecule is Cl.O=C(O)c1cc2n(n1)CCN2. The first kappa shape index (κ1) is 8.86. The standard InChI is InChI=1S/C6H7N3O2.ClH/c10-6(11)4-3-5-7-1-2-9(5)8-4;/h3,7H,1-2H2,(H,10,11);1H. The zero-order valence-corrected chi connectivity index (χ0v) is 6.97. The summed E-state index contributed by atoms with van der Waals surface area (Å²) in [7, 11) is 0. The van der Waals surface area contributed by atoms with Crippen LogP contribution in [0.25, 0.3) is 0 Å². The van der Waals surface area contributed by atoms with Gasteiger partial charge < -0.3 is 10.4 Å². The first-order valence-electron chi connectivity index (χ1n) is 3.32. The monoisotopic (exact) mass is 189 g/mol. The summed E-state index contributed by atoms with van der Waals surface area (Å²) in [5, 5.41) is 15.4. The molecule has 5 nitrogen and oxygen atoms in total. The van der Waals surface area contributed by atoms with E-state index >= 15 is 0 Å². The number of carbonyl (C=O) groups is 1. The summed E-state index contributed by atoms with van der Waals surface area (Å²) in [5.41, 5.74) is 0.104. The Morgan fingerprint density at radius 2 is 2.50 bits per heavy atom. The first-order chi connectivity index (χ1) is 5.27. The van der Waals surface area contributed by atoms with Crippen LogP contribution in [0.4, 0.5) is 5.82 Å². The lowest BCUT2D eigenvalue weighted by Crippen LogP contribution is -2.02. The molecule has 0 saturated carbocycles. The van der Waals surface area contributed by atoms with E-state index in [9.17, 15) is 4.79 Å². The van der Waals surface area contributed by atoms with Crippen molar-refractivity contribution in [2.45, 2.75) is 6.54 Å². The van der Waals surface area contributed by atoms with Crippen LogP contribution < -0.4 is 5.32 Å². The molecule has 2 N–H and O–H groups in total. The topological polar surface area (TPSA) is 67.1 Å². The van der Waals surface area contributed by atoms with Gasteiger partial charge in [-0.05, 0) is 0 Å². The molecule has 66 valence electrons. The van der Waals surface area contributed by atoms with Crippen LogP contribution in [0.2, 0.25) is 0 Å². The van der Waals surface area contributed by atoms with E-state index in [0.717, 1.165) is 18.9 Å². The summed E-state index contributed by atoms with van der Waals surface area (Å²) in [6.45, 7) is 1.59. The molecule has 1 aromatic rings. The van der Waals surface area contributed by atoms with E-state index in [4.69, 9.17) is 5.11 Å². The van der Waals surface area contributed by atoms with Crippen LogP contribution in [0.1, 0.15) is 10.5 Å².